The van der Waals surface area contributed by atoms with Gasteiger partial charge in [-0.1, -0.05) is 12.1 Å². The number of anilines is 1. The number of hydrogen-bond donors (Lipinski definition) is 3. The number of rotatable bonds is 6. The van der Waals surface area contributed by atoms with Crippen LogP contribution in [0.2, 0.25) is 0 Å². The summed E-state index contributed by atoms with van der Waals surface area (Å²) < 4.78 is 28.8. The molecule has 0 aliphatic carbocycles. The Kier molecular flexibility index (Phi) is 6.49. The van der Waals surface area contributed by atoms with Gasteiger partial charge in [0.2, 0.25) is 10.0 Å². The van der Waals surface area contributed by atoms with Crippen molar-refractivity contribution in [2.75, 3.05) is 5.32 Å². The van der Waals surface area contributed by atoms with Crippen LogP contribution < -0.4 is 15.4 Å². The molecule has 0 fully saturated rings. The first-order chi connectivity index (χ1) is 14.1. The minimum absolute atomic E-state index is 0.0733. The Labute approximate surface area is 179 Å². The summed E-state index contributed by atoms with van der Waals surface area (Å²) in [5.41, 5.74) is 2.57. The molecular weight excluding hydrogens is 422 g/mol. The van der Waals surface area contributed by atoms with Crippen LogP contribution in [0.15, 0.2) is 59.2 Å². The Hall–Kier alpha value is -2.82. The van der Waals surface area contributed by atoms with Crippen molar-refractivity contribution in [2.24, 2.45) is 0 Å². The van der Waals surface area contributed by atoms with Crippen molar-refractivity contribution >= 4 is 33.1 Å². The molecule has 158 valence electrons. The monoisotopic (exact) mass is 445 g/mol. The van der Waals surface area contributed by atoms with E-state index in [2.05, 4.69) is 25.3 Å². The summed E-state index contributed by atoms with van der Waals surface area (Å²) in [6.45, 7) is 5.56. The first-order valence-electron chi connectivity index (χ1n) is 9.16. The van der Waals surface area contributed by atoms with E-state index in [1.165, 1.54) is 17.4 Å². The number of sulfonamides is 1. The maximum atomic E-state index is 13.0. The second-order valence-electron chi connectivity index (χ2n) is 7.56. The standard InChI is InChI=1S/C20H23N5O3S2/c1-20(2,3)25-30(27,28)18-10-14(7-8-16(18)17-12-21-13-29-17)24-19(26)23-11-15-6-4-5-9-22-15/h4-10,12-13,25H,11H2,1-3H3,(H2,23,24,26). The molecule has 0 spiro atoms. The van der Waals surface area contributed by atoms with Crippen LogP contribution in [0.4, 0.5) is 10.5 Å². The average Bonchev–Trinajstić information content (AvgIpc) is 3.20. The SMILES string of the molecule is CC(C)(C)NS(=O)(=O)c1cc(NC(=O)NCc2ccccn2)ccc1-c1cncs1. The van der Waals surface area contributed by atoms with E-state index in [0.29, 0.717) is 16.9 Å². The van der Waals surface area contributed by atoms with Gasteiger partial charge >= 0.3 is 6.03 Å². The van der Waals surface area contributed by atoms with Crippen molar-refractivity contribution in [1.29, 1.82) is 0 Å². The van der Waals surface area contributed by atoms with Gasteiger partial charge < -0.3 is 10.6 Å². The summed E-state index contributed by atoms with van der Waals surface area (Å²) in [7, 11) is -3.84. The molecule has 2 amide bonds. The van der Waals surface area contributed by atoms with Crippen molar-refractivity contribution in [3.8, 4) is 10.4 Å². The highest BCUT2D eigenvalue weighted by molar-refractivity contribution is 7.89. The van der Waals surface area contributed by atoms with Crippen molar-refractivity contribution < 1.29 is 13.2 Å². The lowest BCUT2D eigenvalue weighted by molar-refractivity contribution is 0.251. The maximum Gasteiger partial charge on any atom is 0.319 e. The third-order valence-corrected chi connectivity index (χ3v) is 6.43. The predicted molar refractivity (Wildman–Crippen MR) is 118 cm³/mol. The third-order valence-electron chi connectivity index (χ3n) is 3.82. The van der Waals surface area contributed by atoms with Gasteiger partial charge in [0.25, 0.3) is 0 Å². The highest BCUT2D eigenvalue weighted by Crippen LogP contribution is 2.32. The molecule has 3 rings (SSSR count). The number of hydrogen-bond acceptors (Lipinski definition) is 6. The lowest BCUT2D eigenvalue weighted by Gasteiger charge is -2.22. The van der Waals surface area contributed by atoms with Gasteiger partial charge in [0, 0.05) is 29.2 Å². The van der Waals surface area contributed by atoms with Crippen LogP contribution in [-0.4, -0.2) is 30.0 Å². The van der Waals surface area contributed by atoms with E-state index in [0.717, 1.165) is 4.88 Å². The van der Waals surface area contributed by atoms with Crippen molar-refractivity contribution in [3.63, 3.8) is 0 Å². The molecule has 30 heavy (non-hydrogen) atoms. The molecule has 0 unspecified atom stereocenters. The fraction of sp³-hybridized carbons (Fsp3) is 0.250. The molecule has 3 aromatic rings. The topological polar surface area (TPSA) is 113 Å². The number of aromatic nitrogens is 2. The molecule has 2 heterocycles. The van der Waals surface area contributed by atoms with Crippen molar-refractivity contribution in [2.45, 2.75) is 37.8 Å². The molecule has 0 aliphatic rings. The Morgan fingerprint density at radius 1 is 1.17 bits per heavy atom. The molecule has 8 nitrogen and oxygen atoms in total. The Balaban J connectivity index is 1.85. The van der Waals surface area contributed by atoms with Crippen LogP contribution in [0.3, 0.4) is 0 Å². The van der Waals surface area contributed by atoms with Crippen LogP contribution in [0, 0.1) is 0 Å². The minimum Gasteiger partial charge on any atom is -0.332 e. The first-order valence-corrected chi connectivity index (χ1v) is 11.5. The summed E-state index contributed by atoms with van der Waals surface area (Å²) in [6, 6.07) is 9.74. The van der Waals surface area contributed by atoms with Crippen LogP contribution in [0.5, 0.6) is 0 Å². The minimum atomic E-state index is -3.84. The highest BCUT2D eigenvalue weighted by Gasteiger charge is 2.26. The summed E-state index contributed by atoms with van der Waals surface area (Å²) in [4.78, 5) is 21.2. The number of pyridine rings is 1. The van der Waals surface area contributed by atoms with Gasteiger partial charge in [-0.2, -0.15) is 0 Å². The van der Waals surface area contributed by atoms with E-state index in [-0.39, 0.29) is 11.4 Å². The number of urea groups is 1. The predicted octanol–water partition coefficient (Wildman–Crippen LogP) is 3.60. The van der Waals surface area contributed by atoms with Gasteiger partial charge in [-0.3, -0.25) is 9.97 Å². The zero-order valence-electron chi connectivity index (χ0n) is 16.8. The summed E-state index contributed by atoms with van der Waals surface area (Å²) in [5.74, 6) is 0. The molecule has 0 saturated carbocycles. The Morgan fingerprint density at radius 3 is 2.60 bits per heavy atom. The normalized spacial score (nSPS) is 11.8. The van der Waals surface area contributed by atoms with Gasteiger partial charge in [0.05, 0.1) is 27.5 Å². The lowest BCUT2D eigenvalue weighted by atomic mass is 10.1. The van der Waals surface area contributed by atoms with E-state index in [1.54, 1.807) is 62.9 Å². The number of carbonyl (C=O) groups excluding carboxylic acids is 1. The first kappa shape index (κ1) is 21.9. The van der Waals surface area contributed by atoms with Crippen LogP contribution in [0.25, 0.3) is 10.4 Å². The summed E-state index contributed by atoms with van der Waals surface area (Å²) >= 11 is 1.34. The molecule has 0 atom stereocenters. The summed E-state index contributed by atoms with van der Waals surface area (Å²) in [6.07, 6.45) is 3.26. The zero-order chi connectivity index (χ0) is 21.8. The van der Waals surface area contributed by atoms with Crippen LogP contribution in [0.1, 0.15) is 26.5 Å². The van der Waals surface area contributed by atoms with Gasteiger partial charge in [-0.15, -0.1) is 11.3 Å². The fourth-order valence-corrected chi connectivity index (χ4v) is 5.07. The summed E-state index contributed by atoms with van der Waals surface area (Å²) in [5, 5.41) is 5.38. The number of amides is 2. The third kappa shape index (κ3) is 5.85. The number of carbonyl (C=O) groups is 1. The van der Waals surface area contributed by atoms with E-state index < -0.39 is 21.6 Å². The van der Waals surface area contributed by atoms with E-state index in [4.69, 9.17) is 0 Å². The largest absolute Gasteiger partial charge is 0.332 e. The molecule has 0 bridgehead atoms. The van der Waals surface area contributed by atoms with Crippen molar-refractivity contribution in [3.05, 3.63) is 60.0 Å². The van der Waals surface area contributed by atoms with E-state index in [1.807, 2.05) is 6.07 Å². The van der Waals surface area contributed by atoms with Gasteiger partial charge in [0.15, 0.2) is 0 Å². The molecular formula is C20H23N5O3S2. The van der Waals surface area contributed by atoms with Crippen LogP contribution >= 0.6 is 11.3 Å². The number of nitrogens with one attached hydrogen (secondary N) is 3. The fourth-order valence-electron chi connectivity index (χ4n) is 2.68. The van der Waals surface area contributed by atoms with Gasteiger partial charge in [-0.25, -0.2) is 17.9 Å². The van der Waals surface area contributed by atoms with Crippen LogP contribution in [-0.2, 0) is 16.6 Å². The number of thiazole rings is 1. The molecule has 3 N–H and O–H groups in total. The molecule has 1 aromatic carbocycles. The quantitative estimate of drug-likeness (QED) is 0.536. The number of benzene rings is 1. The van der Waals surface area contributed by atoms with Gasteiger partial charge in [0.1, 0.15) is 0 Å². The zero-order valence-corrected chi connectivity index (χ0v) is 18.5. The average molecular weight is 446 g/mol. The maximum absolute atomic E-state index is 13.0. The van der Waals surface area contributed by atoms with E-state index >= 15 is 0 Å². The number of nitrogens with zero attached hydrogens (tertiary/aromatic N) is 2. The lowest BCUT2D eigenvalue weighted by Crippen LogP contribution is -2.40. The Morgan fingerprint density at radius 2 is 1.97 bits per heavy atom. The molecule has 0 radical (unpaired) electrons. The van der Waals surface area contributed by atoms with E-state index in [9.17, 15) is 13.2 Å². The van der Waals surface area contributed by atoms with Gasteiger partial charge in [-0.05, 0) is 45.0 Å². The second-order valence-corrected chi connectivity index (χ2v) is 10.1. The molecule has 0 aliphatic heterocycles. The van der Waals surface area contributed by atoms with Crippen molar-refractivity contribution in [1.82, 2.24) is 20.0 Å². The molecule has 2 aromatic heterocycles. The second kappa shape index (κ2) is 8.90. The molecule has 10 heteroatoms. The highest BCUT2D eigenvalue weighted by atomic mass is 32.2. The Bertz CT molecular complexity index is 1110. The smallest absolute Gasteiger partial charge is 0.319 e. The molecule has 0 saturated heterocycles.